The van der Waals surface area contributed by atoms with Gasteiger partial charge in [0.15, 0.2) is 10.9 Å². The van der Waals surface area contributed by atoms with E-state index in [4.69, 9.17) is 4.42 Å². The first-order valence-electron chi connectivity index (χ1n) is 11.7. The number of aryl methyl sites for hydroxylation is 2. The maximum atomic E-state index is 13.7. The van der Waals surface area contributed by atoms with Gasteiger partial charge in [0.1, 0.15) is 5.25 Å². The van der Waals surface area contributed by atoms with E-state index >= 15 is 0 Å². The first kappa shape index (κ1) is 23.6. The number of amides is 1. The predicted octanol–water partition coefficient (Wildman–Crippen LogP) is 6.68. The molecule has 1 atom stereocenters. The molecule has 0 aliphatic carbocycles. The minimum atomic E-state index is -0.533. The number of nitrogens with one attached hydrogen (secondary N) is 1. The zero-order chi connectivity index (χ0) is 24.9. The molecule has 0 saturated carbocycles. The molecule has 1 N–H and O–H groups in total. The van der Waals surface area contributed by atoms with Crippen molar-refractivity contribution in [3.8, 4) is 11.6 Å². The van der Waals surface area contributed by atoms with Crippen molar-refractivity contribution in [3.05, 3.63) is 120 Å². The van der Waals surface area contributed by atoms with Crippen molar-refractivity contribution in [1.29, 1.82) is 0 Å². The molecule has 3 aromatic carbocycles. The lowest BCUT2D eigenvalue weighted by atomic mass is 10.1. The van der Waals surface area contributed by atoms with Crippen LogP contribution in [0.1, 0.15) is 27.5 Å². The van der Waals surface area contributed by atoms with Gasteiger partial charge in [-0.2, -0.15) is 0 Å². The summed E-state index contributed by atoms with van der Waals surface area (Å²) >= 11 is 1.38. The molecule has 0 aliphatic heterocycles. The van der Waals surface area contributed by atoms with Gasteiger partial charge in [-0.05, 0) is 54.3 Å². The topological polar surface area (TPSA) is 73.0 Å². The Labute approximate surface area is 214 Å². The molecular formula is C29H26N4O2S. The van der Waals surface area contributed by atoms with Gasteiger partial charge in [-0.1, -0.05) is 84.6 Å². The van der Waals surface area contributed by atoms with E-state index < -0.39 is 5.25 Å². The Hall–Kier alpha value is -4.10. The smallest absolute Gasteiger partial charge is 0.242 e. The highest BCUT2D eigenvalue weighted by atomic mass is 32.2. The molecule has 0 spiro atoms. The fraction of sp³-hybridized carbons (Fsp3) is 0.138. The third-order valence-electron chi connectivity index (χ3n) is 5.86. The van der Waals surface area contributed by atoms with Crippen LogP contribution in [0.15, 0.2) is 107 Å². The lowest BCUT2D eigenvalue weighted by Crippen LogP contribution is -2.20. The van der Waals surface area contributed by atoms with Gasteiger partial charge in [0.05, 0.1) is 12.8 Å². The minimum Gasteiger partial charge on any atom is -0.461 e. The van der Waals surface area contributed by atoms with Gasteiger partial charge in [-0.15, -0.1) is 10.2 Å². The Kier molecular flexibility index (Phi) is 7.00. The SMILES string of the molecule is Cc1ccc(C)c(NC(=O)[C@H](Sc2nnc(-c3ccco3)n2Cc2ccccc2)c2ccccc2)c1. The van der Waals surface area contributed by atoms with Crippen LogP contribution in [0.5, 0.6) is 0 Å². The lowest BCUT2D eigenvalue weighted by molar-refractivity contribution is -0.115. The fourth-order valence-corrected chi connectivity index (χ4v) is 4.98. The van der Waals surface area contributed by atoms with Crippen LogP contribution in [0.25, 0.3) is 11.6 Å². The van der Waals surface area contributed by atoms with E-state index in [1.165, 1.54) is 11.8 Å². The van der Waals surface area contributed by atoms with Crippen LogP contribution in [0, 0.1) is 13.8 Å². The Balaban J connectivity index is 1.52. The van der Waals surface area contributed by atoms with Crippen molar-refractivity contribution in [2.24, 2.45) is 0 Å². The van der Waals surface area contributed by atoms with Gasteiger partial charge in [-0.3, -0.25) is 9.36 Å². The third kappa shape index (κ3) is 5.26. The zero-order valence-corrected chi connectivity index (χ0v) is 20.9. The lowest BCUT2D eigenvalue weighted by Gasteiger charge is -2.18. The van der Waals surface area contributed by atoms with Gasteiger partial charge >= 0.3 is 0 Å². The summed E-state index contributed by atoms with van der Waals surface area (Å²) in [5.74, 6) is 1.13. The van der Waals surface area contributed by atoms with Crippen LogP contribution < -0.4 is 5.32 Å². The number of nitrogens with zero attached hydrogens (tertiary/aromatic N) is 3. The van der Waals surface area contributed by atoms with Crippen molar-refractivity contribution >= 4 is 23.4 Å². The number of aromatic nitrogens is 3. The van der Waals surface area contributed by atoms with E-state index in [1.54, 1.807) is 6.26 Å². The average Bonchev–Trinajstić information content (AvgIpc) is 3.56. The maximum Gasteiger partial charge on any atom is 0.242 e. The molecule has 1 amide bonds. The molecule has 0 radical (unpaired) electrons. The highest BCUT2D eigenvalue weighted by Crippen LogP contribution is 2.37. The van der Waals surface area contributed by atoms with Crippen molar-refractivity contribution in [2.45, 2.75) is 30.8 Å². The molecule has 0 unspecified atom stereocenters. The number of carbonyl (C=O) groups is 1. The number of benzene rings is 3. The van der Waals surface area contributed by atoms with E-state index in [0.717, 1.165) is 27.9 Å². The van der Waals surface area contributed by atoms with Crippen LogP contribution in [0.2, 0.25) is 0 Å². The second-order valence-electron chi connectivity index (χ2n) is 8.57. The summed E-state index contributed by atoms with van der Waals surface area (Å²) in [7, 11) is 0. The van der Waals surface area contributed by atoms with Gasteiger partial charge in [0.2, 0.25) is 11.7 Å². The van der Waals surface area contributed by atoms with Gasteiger partial charge < -0.3 is 9.73 Å². The van der Waals surface area contributed by atoms with Crippen LogP contribution in [0.4, 0.5) is 5.69 Å². The number of furan rings is 1. The summed E-state index contributed by atoms with van der Waals surface area (Å²) in [6.07, 6.45) is 1.62. The Morgan fingerprint density at radius 3 is 2.42 bits per heavy atom. The number of hydrogen-bond donors (Lipinski definition) is 1. The summed E-state index contributed by atoms with van der Waals surface area (Å²) in [6.45, 7) is 4.55. The van der Waals surface area contributed by atoms with E-state index in [1.807, 2.05) is 97.3 Å². The van der Waals surface area contributed by atoms with Crippen LogP contribution in [-0.2, 0) is 11.3 Å². The van der Waals surface area contributed by atoms with Gasteiger partial charge in [0, 0.05) is 5.69 Å². The quantitative estimate of drug-likeness (QED) is 0.244. The summed E-state index contributed by atoms with van der Waals surface area (Å²) in [4.78, 5) is 13.7. The number of rotatable bonds is 8. The van der Waals surface area contributed by atoms with E-state index in [-0.39, 0.29) is 5.91 Å². The molecule has 0 bridgehead atoms. The number of thioether (sulfide) groups is 1. The molecule has 0 fully saturated rings. The second kappa shape index (κ2) is 10.7. The fourth-order valence-electron chi connectivity index (χ4n) is 3.95. The number of carbonyl (C=O) groups excluding carboxylic acids is 1. The highest BCUT2D eigenvalue weighted by molar-refractivity contribution is 8.00. The van der Waals surface area contributed by atoms with Crippen LogP contribution in [-0.4, -0.2) is 20.7 Å². The summed E-state index contributed by atoms with van der Waals surface area (Å²) in [6, 6.07) is 29.6. The Morgan fingerprint density at radius 2 is 1.69 bits per heavy atom. The first-order valence-corrected chi connectivity index (χ1v) is 12.6. The number of anilines is 1. The van der Waals surface area contributed by atoms with Gasteiger partial charge in [0.25, 0.3) is 0 Å². The maximum absolute atomic E-state index is 13.7. The number of hydrogen-bond acceptors (Lipinski definition) is 5. The van der Waals surface area contributed by atoms with E-state index in [9.17, 15) is 4.79 Å². The third-order valence-corrected chi connectivity index (χ3v) is 7.09. The van der Waals surface area contributed by atoms with Crippen molar-refractivity contribution in [3.63, 3.8) is 0 Å². The Morgan fingerprint density at radius 1 is 0.944 bits per heavy atom. The van der Waals surface area contributed by atoms with Gasteiger partial charge in [-0.25, -0.2) is 0 Å². The molecular weight excluding hydrogens is 468 g/mol. The highest BCUT2D eigenvalue weighted by Gasteiger charge is 2.27. The molecule has 5 rings (SSSR count). The largest absolute Gasteiger partial charge is 0.461 e. The van der Waals surface area contributed by atoms with E-state index in [2.05, 4.69) is 27.6 Å². The van der Waals surface area contributed by atoms with Crippen molar-refractivity contribution in [2.75, 3.05) is 5.32 Å². The summed E-state index contributed by atoms with van der Waals surface area (Å²) in [5.41, 5.74) is 4.90. The summed E-state index contributed by atoms with van der Waals surface area (Å²) < 4.78 is 7.64. The molecule has 36 heavy (non-hydrogen) atoms. The van der Waals surface area contributed by atoms with Crippen LogP contribution >= 0.6 is 11.8 Å². The predicted molar refractivity (Wildman–Crippen MR) is 143 cm³/mol. The standard InChI is InChI=1S/C29H26N4O2S/c1-20-15-16-21(2)24(18-20)30-28(34)26(23-12-7-4-8-13-23)36-29-32-31-27(25-14-9-17-35-25)33(29)19-22-10-5-3-6-11-22/h3-18,26H,19H2,1-2H3,(H,30,34)/t26-/m1/s1. The molecule has 7 heteroatoms. The molecule has 6 nitrogen and oxygen atoms in total. The first-order chi connectivity index (χ1) is 17.6. The average molecular weight is 495 g/mol. The molecule has 0 aliphatic rings. The second-order valence-corrected chi connectivity index (χ2v) is 9.64. The molecule has 2 heterocycles. The summed E-state index contributed by atoms with van der Waals surface area (Å²) in [5, 5.41) is 12.2. The normalized spacial score (nSPS) is 11.8. The van der Waals surface area contributed by atoms with Crippen molar-refractivity contribution in [1.82, 2.24) is 14.8 Å². The zero-order valence-electron chi connectivity index (χ0n) is 20.1. The molecule has 0 saturated heterocycles. The minimum absolute atomic E-state index is 0.117. The van der Waals surface area contributed by atoms with E-state index in [0.29, 0.717) is 23.3 Å². The molecule has 5 aromatic rings. The molecule has 180 valence electrons. The van der Waals surface area contributed by atoms with Crippen LogP contribution in [0.3, 0.4) is 0 Å². The molecule has 2 aromatic heterocycles. The van der Waals surface area contributed by atoms with Crippen molar-refractivity contribution < 1.29 is 9.21 Å². The monoisotopic (exact) mass is 494 g/mol. The Bertz CT molecular complexity index is 1450.